The molecule has 0 aliphatic rings. The minimum Gasteiger partial charge on any atom is -0.247 e. The van der Waals surface area contributed by atoms with Crippen molar-refractivity contribution in [2.45, 2.75) is 10.1 Å². The van der Waals surface area contributed by atoms with Gasteiger partial charge in [0.25, 0.3) is 0 Å². The van der Waals surface area contributed by atoms with E-state index in [2.05, 4.69) is 35.2 Å². The fraction of sp³-hybridized carbons (Fsp3) is 0. The van der Waals surface area contributed by atoms with Gasteiger partial charge in [0, 0.05) is 12.4 Å². The Labute approximate surface area is 125 Å². The fourth-order valence-corrected chi connectivity index (χ4v) is 2.44. The van der Waals surface area contributed by atoms with Crippen LogP contribution in [0.3, 0.4) is 0 Å². The van der Waals surface area contributed by atoms with Crippen molar-refractivity contribution in [1.82, 2.24) is 19.1 Å². The van der Waals surface area contributed by atoms with Gasteiger partial charge in [-0.05, 0) is 24.3 Å². The number of hydrogen-bond acceptors (Lipinski definition) is 5. The van der Waals surface area contributed by atoms with Crippen LogP contribution in [0.15, 0.2) is 63.6 Å². The minimum atomic E-state index is -0.308. The van der Waals surface area contributed by atoms with E-state index in [1.54, 1.807) is 48.8 Å². The summed E-state index contributed by atoms with van der Waals surface area (Å²) in [6.07, 6.45) is 3.23. The third-order valence-corrected chi connectivity index (χ3v) is 3.76. The predicted molar refractivity (Wildman–Crippen MR) is 81.5 cm³/mol. The van der Waals surface area contributed by atoms with Gasteiger partial charge in [0.05, 0.1) is 0 Å². The van der Waals surface area contributed by atoms with Crippen molar-refractivity contribution in [3.05, 3.63) is 59.3 Å². The maximum absolute atomic E-state index is 12.6. The first-order valence-electron chi connectivity index (χ1n) is 5.78. The van der Waals surface area contributed by atoms with Crippen molar-refractivity contribution in [2.75, 3.05) is 0 Å². The molecular formula is C13H10N4OS2. The van der Waals surface area contributed by atoms with E-state index >= 15 is 0 Å². The van der Waals surface area contributed by atoms with E-state index in [1.807, 2.05) is 0 Å². The van der Waals surface area contributed by atoms with Crippen molar-refractivity contribution in [3.63, 3.8) is 0 Å². The summed E-state index contributed by atoms with van der Waals surface area (Å²) in [7, 11) is 0. The molecule has 100 valence electrons. The van der Waals surface area contributed by atoms with Crippen LogP contribution in [0.25, 0.3) is 11.6 Å². The lowest BCUT2D eigenvalue weighted by molar-refractivity contribution is 0.831. The normalized spacial score (nSPS) is 10.7. The van der Waals surface area contributed by atoms with Gasteiger partial charge in [0.15, 0.2) is 0 Å². The van der Waals surface area contributed by atoms with Gasteiger partial charge in [0.1, 0.15) is 21.7 Å². The lowest BCUT2D eigenvalue weighted by Crippen LogP contribution is -2.23. The molecule has 0 amide bonds. The van der Waals surface area contributed by atoms with Crippen LogP contribution in [-0.4, -0.2) is 19.1 Å². The van der Waals surface area contributed by atoms with E-state index in [0.717, 1.165) is 0 Å². The first kappa shape index (κ1) is 13.0. The average Bonchev–Trinajstić information content (AvgIpc) is 2.71. The zero-order valence-corrected chi connectivity index (χ0v) is 12.0. The summed E-state index contributed by atoms with van der Waals surface area (Å²) in [6.45, 7) is 0. The lowest BCUT2D eigenvalue weighted by Gasteiger charge is -2.01. The maximum Gasteiger partial charge on any atom is 0.341 e. The van der Waals surface area contributed by atoms with Gasteiger partial charge in [-0.2, -0.15) is 0 Å². The molecule has 0 spiro atoms. The van der Waals surface area contributed by atoms with Crippen LogP contribution in [0.1, 0.15) is 0 Å². The number of pyridine rings is 2. The smallest absolute Gasteiger partial charge is 0.247 e. The van der Waals surface area contributed by atoms with Crippen LogP contribution in [0.5, 0.6) is 0 Å². The van der Waals surface area contributed by atoms with Crippen LogP contribution in [-0.2, 0) is 0 Å². The Morgan fingerprint density at radius 3 is 1.60 bits per heavy atom. The molecule has 5 nitrogen and oxygen atoms in total. The number of hydrogen-bond donors (Lipinski definition) is 2. The molecule has 0 bridgehead atoms. The largest absolute Gasteiger partial charge is 0.341 e. The zero-order chi connectivity index (χ0) is 14.1. The number of imidazole rings is 1. The van der Waals surface area contributed by atoms with E-state index < -0.39 is 0 Å². The van der Waals surface area contributed by atoms with Gasteiger partial charge in [-0.25, -0.2) is 23.9 Å². The summed E-state index contributed by atoms with van der Waals surface area (Å²) in [5, 5.41) is 0.838. The minimum absolute atomic E-state index is 0.308. The Morgan fingerprint density at radius 2 is 1.25 bits per heavy atom. The summed E-state index contributed by atoms with van der Waals surface area (Å²) in [4.78, 5) is 20.9. The lowest BCUT2D eigenvalue weighted by atomic mass is 10.4. The van der Waals surface area contributed by atoms with Gasteiger partial charge in [0.2, 0.25) is 0 Å². The van der Waals surface area contributed by atoms with E-state index in [0.29, 0.717) is 21.7 Å². The predicted octanol–water partition coefficient (Wildman–Crippen LogP) is 2.00. The molecule has 0 radical (unpaired) electrons. The van der Waals surface area contributed by atoms with Crippen LogP contribution >= 0.6 is 25.3 Å². The molecule has 7 heteroatoms. The van der Waals surface area contributed by atoms with Crippen molar-refractivity contribution in [3.8, 4) is 11.6 Å². The summed E-state index contributed by atoms with van der Waals surface area (Å²) in [5.41, 5.74) is -0.308. The second kappa shape index (κ2) is 5.18. The molecule has 0 aromatic carbocycles. The Morgan fingerprint density at radius 1 is 0.800 bits per heavy atom. The standard InChI is InChI=1S/C13H10N4OS2/c18-13-16(9-5-1-3-7-14-9)11(19)12(20)17(13)10-6-2-4-8-15-10/h1-8,19-20H. The molecule has 3 rings (SSSR count). The molecule has 0 saturated carbocycles. The van der Waals surface area contributed by atoms with Gasteiger partial charge in [-0.1, -0.05) is 12.1 Å². The molecule has 0 fully saturated rings. The van der Waals surface area contributed by atoms with Crippen molar-refractivity contribution < 1.29 is 0 Å². The molecule has 0 saturated heterocycles. The quantitative estimate of drug-likeness (QED) is 0.712. The number of thiol groups is 2. The molecule has 0 aliphatic carbocycles. The van der Waals surface area contributed by atoms with Crippen LogP contribution < -0.4 is 5.69 Å². The fourth-order valence-electron chi connectivity index (χ4n) is 1.87. The van der Waals surface area contributed by atoms with Gasteiger partial charge >= 0.3 is 5.69 Å². The number of rotatable bonds is 2. The van der Waals surface area contributed by atoms with E-state index in [-0.39, 0.29) is 5.69 Å². The second-order valence-electron chi connectivity index (χ2n) is 3.98. The zero-order valence-electron chi connectivity index (χ0n) is 10.2. The summed E-state index contributed by atoms with van der Waals surface area (Å²) in [5.74, 6) is 0.986. The van der Waals surface area contributed by atoms with Gasteiger partial charge in [-0.3, -0.25) is 0 Å². The summed E-state index contributed by atoms with van der Waals surface area (Å²) in [6, 6.07) is 10.6. The third-order valence-electron chi connectivity index (χ3n) is 2.76. The van der Waals surface area contributed by atoms with Crippen molar-refractivity contribution in [1.29, 1.82) is 0 Å². The molecule has 0 N–H and O–H groups in total. The highest BCUT2D eigenvalue weighted by molar-refractivity contribution is 7.83. The SMILES string of the molecule is O=c1n(-c2ccccn2)c(S)c(S)n1-c1ccccn1. The Kier molecular flexibility index (Phi) is 3.37. The molecule has 0 aliphatic heterocycles. The first-order valence-corrected chi connectivity index (χ1v) is 6.68. The Bertz CT molecular complexity index is 730. The summed E-state index contributed by atoms with van der Waals surface area (Å²) < 4.78 is 2.78. The molecule has 20 heavy (non-hydrogen) atoms. The number of nitrogens with zero attached hydrogens (tertiary/aromatic N) is 4. The average molecular weight is 302 g/mol. The second-order valence-corrected chi connectivity index (χ2v) is 4.82. The van der Waals surface area contributed by atoms with Gasteiger partial charge < -0.3 is 0 Å². The molecule has 3 aromatic rings. The van der Waals surface area contributed by atoms with Gasteiger partial charge in [-0.15, -0.1) is 25.3 Å². The van der Waals surface area contributed by atoms with Crippen LogP contribution in [0, 0.1) is 0 Å². The first-order chi connectivity index (χ1) is 9.70. The topological polar surface area (TPSA) is 52.7 Å². The highest BCUT2D eigenvalue weighted by atomic mass is 32.1. The highest BCUT2D eigenvalue weighted by Gasteiger charge is 2.18. The van der Waals surface area contributed by atoms with Crippen molar-refractivity contribution in [2.24, 2.45) is 0 Å². The van der Waals surface area contributed by atoms with E-state index in [1.165, 1.54) is 9.13 Å². The Balaban J connectivity index is 2.29. The number of aromatic nitrogens is 4. The third kappa shape index (κ3) is 2.04. The highest BCUT2D eigenvalue weighted by Crippen LogP contribution is 2.21. The van der Waals surface area contributed by atoms with Crippen molar-refractivity contribution >= 4 is 25.3 Å². The monoisotopic (exact) mass is 302 g/mol. The van der Waals surface area contributed by atoms with Crippen LogP contribution in [0.4, 0.5) is 0 Å². The molecule has 3 heterocycles. The molecule has 3 aromatic heterocycles. The van der Waals surface area contributed by atoms with E-state index in [9.17, 15) is 4.79 Å². The Hall–Kier alpha value is -1.99. The maximum atomic E-state index is 12.6. The summed E-state index contributed by atoms with van der Waals surface area (Å²) >= 11 is 8.72. The molecular weight excluding hydrogens is 292 g/mol. The van der Waals surface area contributed by atoms with Crippen LogP contribution in [0.2, 0.25) is 0 Å². The molecule has 0 unspecified atom stereocenters. The van der Waals surface area contributed by atoms with E-state index in [4.69, 9.17) is 0 Å². The molecule has 0 atom stereocenters.